The molecule has 1 aliphatic rings. The minimum atomic E-state index is -0.762. The highest BCUT2D eigenvalue weighted by Gasteiger charge is 2.36. The fourth-order valence-electron chi connectivity index (χ4n) is 2.39. The van der Waals surface area contributed by atoms with Crippen LogP contribution < -0.4 is 0 Å². The number of nitrogens with zero attached hydrogens (tertiary/aromatic N) is 2. The average molecular weight is 293 g/mol. The summed E-state index contributed by atoms with van der Waals surface area (Å²) in [6, 6.07) is 7.66. The number of hydrogen-bond donors (Lipinski definition) is 0. The first-order chi connectivity index (χ1) is 9.78. The van der Waals surface area contributed by atoms with E-state index in [0.717, 1.165) is 18.4 Å². The van der Waals surface area contributed by atoms with Crippen LogP contribution in [-0.2, 0) is 21.8 Å². The van der Waals surface area contributed by atoms with Crippen molar-refractivity contribution in [3.63, 3.8) is 0 Å². The van der Waals surface area contributed by atoms with Gasteiger partial charge in [0.2, 0.25) is 5.79 Å². The second-order valence-corrected chi connectivity index (χ2v) is 5.34. The molecule has 1 aromatic heterocycles. The molecular formula is C15H17ClN2O2. The van der Waals surface area contributed by atoms with Crippen LogP contribution in [0.15, 0.2) is 43.0 Å². The van der Waals surface area contributed by atoms with Crippen LogP contribution in [-0.4, -0.2) is 22.8 Å². The molecule has 1 aliphatic heterocycles. The highest BCUT2D eigenvalue weighted by atomic mass is 35.5. The lowest BCUT2D eigenvalue weighted by molar-refractivity contribution is -0.243. The van der Waals surface area contributed by atoms with Gasteiger partial charge in [-0.3, -0.25) is 0 Å². The molecule has 0 radical (unpaired) electrons. The lowest BCUT2D eigenvalue weighted by Crippen LogP contribution is -2.37. The summed E-state index contributed by atoms with van der Waals surface area (Å²) in [5.74, 6) is -0.762. The van der Waals surface area contributed by atoms with E-state index < -0.39 is 5.79 Å². The molecule has 3 rings (SSSR count). The van der Waals surface area contributed by atoms with Gasteiger partial charge in [0, 0.05) is 23.0 Å². The van der Waals surface area contributed by atoms with Crippen molar-refractivity contribution in [3.8, 4) is 0 Å². The van der Waals surface area contributed by atoms with Crippen molar-refractivity contribution in [2.75, 3.05) is 13.2 Å². The lowest BCUT2D eigenvalue weighted by atomic mass is 10.1. The topological polar surface area (TPSA) is 36.3 Å². The van der Waals surface area contributed by atoms with E-state index in [1.807, 2.05) is 35.0 Å². The minimum Gasteiger partial charge on any atom is -0.344 e. The van der Waals surface area contributed by atoms with Gasteiger partial charge in [-0.15, -0.1) is 0 Å². The smallest absolute Gasteiger partial charge is 0.213 e. The van der Waals surface area contributed by atoms with E-state index in [9.17, 15) is 0 Å². The molecule has 2 aromatic rings. The molecule has 4 nitrogen and oxygen atoms in total. The molecule has 1 fully saturated rings. The van der Waals surface area contributed by atoms with Gasteiger partial charge in [0.15, 0.2) is 0 Å². The molecular weight excluding hydrogens is 276 g/mol. The van der Waals surface area contributed by atoms with Gasteiger partial charge in [-0.25, -0.2) is 4.98 Å². The Balaban J connectivity index is 1.95. The summed E-state index contributed by atoms with van der Waals surface area (Å²) >= 11 is 5.97. The zero-order valence-corrected chi connectivity index (χ0v) is 11.9. The van der Waals surface area contributed by atoms with Crippen molar-refractivity contribution in [1.82, 2.24) is 9.55 Å². The standard InChI is InChI=1S/C15H17ClN2O2/c16-14-5-3-13(4-6-14)15(11-18-8-7-17-12-18)19-9-1-2-10-20-15/h3-8,12H,1-2,9-11H2. The average Bonchev–Trinajstić information content (AvgIpc) is 2.84. The van der Waals surface area contributed by atoms with E-state index in [2.05, 4.69) is 4.98 Å². The van der Waals surface area contributed by atoms with Gasteiger partial charge >= 0.3 is 0 Å². The predicted octanol–water partition coefficient (Wildman–Crippen LogP) is 3.22. The maximum atomic E-state index is 6.08. The van der Waals surface area contributed by atoms with E-state index in [4.69, 9.17) is 21.1 Å². The first kappa shape index (κ1) is 13.6. The number of imidazole rings is 1. The van der Waals surface area contributed by atoms with Gasteiger partial charge < -0.3 is 14.0 Å². The molecule has 0 saturated carbocycles. The molecule has 2 heterocycles. The third-order valence-electron chi connectivity index (χ3n) is 3.44. The number of halogens is 1. The van der Waals surface area contributed by atoms with E-state index in [-0.39, 0.29) is 0 Å². The molecule has 0 N–H and O–H groups in total. The summed E-state index contributed by atoms with van der Waals surface area (Å²) in [6.45, 7) is 1.96. The Morgan fingerprint density at radius 3 is 2.45 bits per heavy atom. The summed E-state index contributed by atoms with van der Waals surface area (Å²) in [4.78, 5) is 4.08. The number of rotatable bonds is 3. The van der Waals surface area contributed by atoms with Crippen LogP contribution in [0.5, 0.6) is 0 Å². The summed E-state index contributed by atoms with van der Waals surface area (Å²) in [6.07, 6.45) is 7.47. The second-order valence-electron chi connectivity index (χ2n) is 4.90. The first-order valence-corrected chi connectivity index (χ1v) is 7.16. The van der Waals surface area contributed by atoms with Crippen molar-refractivity contribution >= 4 is 11.6 Å². The van der Waals surface area contributed by atoms with Gasteiger partial charge in [0.25, 0.3) is 0 Å². The normalized spacial score (nSPS) is 18.6. The zero-order chi connectivity index (χ0) is 13.8. The van der Waals surface area contributed by atoms with E-state index >= 15 is 0 Å². The molecule has 106 valence electrons. The van der Waals surface area contributed by atoms with Gasteiger partial charge in [0.05, 0.1) is 26.1 Å². The quantitative estimate of drug-likeness (QED) is 0.871. The van der Waals surface area contributed by atoms with E-state index in [0.29, 0.717) is 24.8 Å². The highest BCUT2D eigenvalue weighted by Crippen LogP contribution is 2.32. The number of aromatic nitrogens is 2. The molecule has 0 atom stereocenters. The van der Waals surface area contributed by atoms with Crippen molar-refractivity contribution in [1.29, 1.82) is 0 Å². The van der Waals surface area contributed by atoms with Crippen LogP contribution in [0.4, 0.5) is 0 Å². The zero-order valence-electron chi connectivity index (χ0n) is 11.2. The second kappa shape index (κ2) is 5.95. The van der Waals surface area contributed by atoms with Crippen molar-refractivity contribution < 1.29 is 9.47 Å². The molecule has 0 amide bonds. The largest absolute Gasteiger partial charge is 0.344 e. The Morgan fingerprint density at radius 2 is 1.85 bits per heavy atom. The number of ether oxygens (including phenoxy) is 2. The van der Waals surface area contributed by atoms with Crippen molar-refractivity contribution in [3.05, 3.63) is 53.6 Å². The summed E-state index contributed by atoms with van der Waals surface area (Å²) in [7, 11) is 0. The Labute approximate surface area is 123 Å². The Kier molecular flexibility index (Phi) is 4.05. The highest BCUT2D eigenvalue weighted by molar-refractivity contribution is 6.30. The third kappa shape index (κ3) is 2.87. The summed E-state index contributed by atoms with van der Waals surface area (Å²) in [5, 5.41) is 0.708. The van der Waals surface area contributed by atoms with Crippen LogP contribution in [0.25, 0.3) is 0 Å². The van der Waals surface area contributed by atoms with Crippen LogP contribution in [0.2, 0.25) is 5.02 Å². The lowest BCUT2D eigenvalue weighted by Gasteiger charge is -2.33. The van der Waals surface area contributed by atoms with Crippen LogP contribution in [0, 0.1) is 0 Å². The molecule has 0 aliphatic carbocycles. The van der Waals surface area contributed by atoms with Crippen LogP contribution >= 0.6 is 11.6 Å². The van der Waals surface area contributed by atoms with Gasteiger partial charge in [-0.05, 0) is 25.0 Å². The number of hydrogen-bond acceptors (Lipinski definition) is 3. The monoisotopic (exact) mass is 292 g/mol. The maximum Gasteiger partial charge on any atom is 0.213 e. The van der Waals surface area contributed by atoms with E-state index in [1.54, 1.807) is 12.5 Å². The fraction of sp³-hybridized carbons (Fsp3) is 0.400. The third-order valence-corrected chi connectivity index (χ3v) is 3.70. The first-order valence-electron chi connectivity index (χ1n) is 6.78. The molecule has 0 bridgehead atoms. The molecule has 1 saturated heterocycles. The van der Waals surface area contributed by atoms with Gasteiger partial charge in [-0.2, -0.15) is 0 Å². The minimum absolute atomic E-state index is 0.578. The summed E-state index contributed by atoms with van der Waals surface area (Å²) in [5.41, 5.74) is 0.984. The molecule has 20 heavy (non-hydrogen) atoms. The fourth-order valence-corrected chi connectivity index (χ4v) is 2.52. The Hall–Kier alpha value is -1.36. The molecule has 1 aromatic carbocycles. The predicted molar refractivity (Wildman–Crippen MR) is 76.5 cm³/mol. The van der Waals surface area contributed by atoms with Crippen molar-refractivity contribution in [2.24, 2.45) is 0 Å². The Morgan fingerprint density at radius 1 is 1.15 bits per heavy atom. The molecule has 0 spiro atoms. The van der Waals surface area contributed by atoms with Crippen LogP contribution in [0.3, 0.4) is 0 Å². The van der Waals surface area contributed by atoms with Gasteiger partial charge in [0.1, 0.15) is 0 Å². The Bertz CT molecular complexity index is 532. The molecule has 0 unspecified atom stereocenters. The summed E-state index contributed by atoms with van der Waals surface area (Å²) < 4.78 is 14.1. The van der Waals surface area contributed by atoms with E-state index in [1.165, 1.54) is 0 Å². The molecule has 5 heteroatoms. The van der Waals surface area contributed by atoms with Crippen LogP contribution in [0.1, 0.15) is 18.4 Å². The van der Waals surface area contributed by atoms with Gasteiger partial charge in [-0.1, -0.05) is 23.7 Å². The SMILES string of the molecule is Clc1ccc(C2(Cn3ccnc3)OCCCCO2)cc1. The maximum absolute atomic E-state index is 6.08. The number of benzene rings is 1. The van der Waals surface area contributed by atoms with Crippen molar-refractivity contribution in [2.45, 2.75) is 25.2 Å².